The van der Waals surface area contributed by atoms with E-state index < -0.39 is 11.5 Å². The number of hydrogen-bond donors (Lipinski definition) is 4. The number of rotatable bonds is 15. The maximum absolute atomic E-state index is 14.0. The average Bonchev–Trinajstić information content (AvgIpc) is 3.22. The summed E-state index contributed by atoms with van der Waals surface area (Å²) >= 11 is 0. The SMILES string of the molecule is Cc1cc(C=CC(=O)N2CCC(C(=O)OC3CN4CCC3CC4)(c3ccccc3)CC2)ccc1OCCCCCNCC(O)c1ccc(O)c2[nH]c(=O)ccc12. The number of carbonyl (C=O) groups excluding carboxylic acids is 2. The highest BCUT2D eigenvalue weighted by atomic mass is 16.5. The van der Waals surface area contributed by atoms with E-state index in [0.717, 1.165) is 80.7 Å². The molecule has 1 aromatic heterocycles. The molecule has 0 saturated carbocycles. The molecule has 2 bridgehead atoms. The number of amides is 1. The van der Waals surface area contributed by atoms with E-state index in [1.165, 1.54) is 12.1 Å². The number of nitrogens with one attached hydrogen (secondary N) is 2. The maximum atomic E-state index is 14.0. The highest BCUT2D eigenvalue weighted by Crippen LogP contribution is 2.39. The van der Waals surface area contributed by atoms with Gasteiger partial charge in [0.05, 0.1) is 23.6 Å². The summed E-state index contributed by atoms with van der Waals surface area (Å²) in [5.41, 5.74) is 2.79. The van der Waals surface area contributed by atoms with Gasteiger partial charge in [-0.25, -0.2) is 0 Å². The Morgan fingerprint density at radius 1 is 0.982 bits per heavy atom. The minimum absolute atomic E-state index is 0.0281. The van der Waals surface area contributed by atoms with Crippen LogP contribution in [0.25, 0.3) is 17.0 Å². The fourth-order valence-electron chi connectivity index (χ4n) is 8.59. The predicted molar refractivity (Wildman–Crippen MR) is 217 cm³/mol. The molecule has 2 atom stereocenters. The Bertz CT molecular complexity index is 2070. The standard InChI is InChI=1S/C45H54N4O7/c1-31-28-32(10-15-39(31)55-27-7-3-6-22-46-29-38(51)35-12-14-37(50)43-36(35)13-16-41(52)47-43)11-17-42(53)49-25-20-45(21-26-49,34-8-4-2-5-9-34)44(54)56-40-30-48-23-18-33(40)19-24-48/h2,4-5,8-17,28,33,38,40,46,50-51H,3,6-7,18-27,29-30H2,1H3,(H,47,52). The quantitative estimate of drug-likeness (QED) is 0.0689. The first-order chi connectivity index (χ1) is 27.2. The molecule has 11 heteroatoms. The van der Waals surface area contributed by atoms with Crippen molar-refractivity contribution in [2.75, 3.05) is 52.4 Å². The Balaban J connectivity index is 0.831. The molecule has 0 radical (unpaired) electrons. The number of H-pyrrole nitrogens is 1. The number of hydrogen-bond acceptors (Lipinski definition) is 9. The molecule has 4 aliphatic rings. The minimum atomic E-state index is -0.784. The molecule has 4 saturated heterocycles. The second-order valence-electron chi connectivity index (χ2n) is 15.6. The van der Waals surface area contributed by atoms with E-state index in [1.54, 1.807) is 18.2 Å². The van der Waals surface area contributed by atoms with Gasteiger partial charge in [-0.05, 0) is 130 Å². The topological polar surface area (TPSA) is 144 Å². The summed E-state index contributed by atoms with van der Waals surface area (Å²) in [6.07, 6.45) is 8.63. The Kier molecular flexibility index (Phi) is 12.5. The lowest BCUT2D eigenvalue weighted by Crippen LogP contribution is -2.55. The summed E-state index contributed by atoms with van der Waals surface area (Å²) in [5, 5.41) is 24.7. The van der Waals surface area contributed by atoms with Crippen LogP contribution < -0.4 is 15.6 Å². The molecule has 0 spiro atoms. The third kappa shape index (κ3) is 9.01. The van der Waals surface area contributed by atoms with Gasteiger partial charge in [-0.1, -0.05) is 42.5 Å². The summed E-state index contributed by atoms with van der Waals surface area (Å²) in [4.78, 5) is 45.8. The molecule has 4 N–H and O–H groups in total. The summed E-state index contributed by atoms with van der Waals surface area (Å²) in [7, 11) is 0. The lowest BCUT2D eigenvalue weighted by molar-refractivity contribution is -0.168. The number of likely N-dealkylation sites (tertiary alicyclic amines) is 1. The van der Waals surface area contributed by atoms with Crippen molar-refractivity contribution in [2.24, 2.45) is 5.92 Å². The number of aliphatic hydroxyl groups is 1. The van der Waals surface area contributed by atoms with E-state index in [4.69, 9.17) is 9.47 Å². The first kappa shape index (κ1) is 39.3. The number of esters is 1. The van der Waals surface area contributed by atoms with E-state index in [9.17, 15) is 24.6 Å². The highest BCUT2D eigenvalue weighted by Gasteiger charge is 2.47. The highest BCUT2D eigenvalue weighted by molar-refractivity contribution is 5.92. The van der Waals surface area contributed by atoms with Crippen molar-refractivity contribution >= 4 is 28.9 Å². The third-order valence-corrected chi connectivity index (χ3v) is 12.0. The van der Waals surface area contributed by atoms with Gasteiger partial charge < -0.3 is 34.9 Å². The van der Waals surface area contributed by atoms with Crippen LogP contribution in [-0.2, 0) is 19.7 Å². The average molecular weight is 763 g/mol. The number of fused-ring (bicyclic) bond motifs is 4. The number of nitrogens with zero attached hydrogens (tertiary/aromatic N) is 2. The fraction of sp³-hybridized carbons (Fsp3) is 0.444. The summed E-state index contributed by atoms with van der Waals surface area (Å²) in [6, 6.07) is 22.0. The number of aromatic hydroxyl groups is 1. The van der Waals surface area contributed by atoms with Crippen molar-refractivity contribution in [2.45, 2.75) is 69.5 Å². The normalized spacial score (nSPS) is 21.0. The number of benzene rings is 3. The summed E-state index contributed by atoms with van der Waals surface area (Å²) in [5.74, 6) is 1.02. The van der Waals surface area contributed by atoms with Gasteiger partial charge in [-0.2, -0.15) is 0 Å². The Morgan fingerprint density at radius 3 is 2.50 bits per heavy atom. The molecule has 4 aliphatic heterocycles. The van der Waals surface area contributed by atoms with E-state index in [2.05, 4.69) is 15.2 Å². The number of phenols is 1. The number of piperidine rings is 4. The number of aliphatic hydroxyl groups excluding tert-OH is 1. The molecule has 11 nitrogen and oxygen atoms in total. The third-order valence-electron chi connectivity index (χ3n) is 12.0. The Morgan fingerprint density at radius 2 is 1.77 bits per heavy atom. The van der Waals surface area contributed by atoms with Crippen molar-refractivity contribution in [1.29, 1.82) is 0 Å². The zero-order chi connectivity index (χ0) is 39.1. The molecule has 1 amide bonds. The molecule has 2 unspecified atom stereocenters. The molecule has 56 heavy (non-hydrogen) atoms. The number of aromatic nitrogens is 1. The van der Waals surface area contributed by atoms with Crippen LogP contribution in [0.2, 0.25) is 0 Å². The van der Waals surface area contributed by atoms with Crippen LogP contribution in [0.5, 0.6) is 11.5 Å². The lowest BCUT2D eigenvalue weighted by Gasteiger charge is -2.46. The lowest BCUT2D eigenvalue weighted by atomic mass is 9.72. The summed E-state index contributed by atoms with van der Waals surface area (Å²) < 4.78 is 12.4. The van der Waals surface area contributed by atoms with Gasteiger partial charge in [0.15, 0.2) is 0 Å². The first-order valence-corrected chi connectivity index (χ1v) is 20.1. The van der Waals surface area contributed by atoms with Gasteiger partial charge in [0.25, 0.3) is 0 Å². The van der Waals surface area contributed by atoms with E-state index in [1.807, 2.05) is 66.4 Å². The van der Waals surface area contributed by atoms with Crippen LogP contribution in [0, 0.1) is 12.8 Å². The number of phenolic OH excluding ortho intramolecular Hbond substituents is 1. The van der Waals surface area contributed by atoms with E-state index in [0.29, 0.717) is 61.5 Å². The number of aryl methyl sites for hydroxylation is 1. The predicted octanol–water partition coefficient (Wildman–Crippen LogP) is 5.63. The van der Waals surface area contributed by atoms with Crippen LogP contribution in [0.3, 0.4) is 0 Å². The minimum Gasteiger partial charge on any atom is -0.506 e. The van der Waals surface area contributed by atoms with Crippen molar-refractivity contribution in [3.05, 3.63) is 111 Å². The monoisotopic (exact) mass is 762 g/mol. The van der Waals surface area contributed by atoms with Crippen molar-refractivity contribution in [1.82, 2.24) is 20.1 Å². The van der Waals surface area contributed by atoms with Gasteiger partial charge in [-0.3, -0.25) is 19.3 Å². The summed E-state index contributed by atoms with van der Waals surface area (Å²) in [6.45, 7) is 7.65. The number of pyridine rings is 1. The number of aromatic amines is 1. The largest absolute Gasteiger partial charge is 0.506 e. The van der Waals surface area contributed by atoms with Crippen molar-refractivity contribution in [3.63, 3.8) is 0 Å². The first-order valence-electron chi connectivity index (χ1n) is 20.1. The van der Waals surface area contributed by atoms with Crippen LogP contribution in [0.15, 0.2) is 83.7 Å². The van der Waals surface area contributed by atoms with Crippen LogP contribution >= 0.6 is 0 Å². The number of unbranched alkanes of at least 4 members (excludes halogenated alkanes) is 2. The zero-order valence-electron chi connectivity index (χ0n) is 32.3. The van der Waals surface area contributed by atoms with Crippen LogP contribution in [0.4, 0.5) is 0 Å². The molecule has 4 fully saturated rings. The number of carbonyl (C=O) groups is 2. The molecule has 5 heterocycles. The van der Waals surface area contributed by atoms with Gasteiger partial charge >= 0.3 is 5.97 Å². The molecule has 3 aromatic carbocycles. The van der Waals surface area contributed by atoms with Crippen molar-refractivity contribution in [3.8, 4) is 11.5 Å². The second-order valence-corrected chi connectivity index (χ2v) is 15.6. The van der Waals surface area contributed by atoms with Crippen LogP contribution in [-0.4, -0.2) is 95.4 Å². The van der Waals surface area contributed by atoms with Crippen molar-refractivity contribution < 1.29 is 29.3 Å². The molecular formula is C45H54N4O7. The zero-order valence-corrected chi connectivity index (χ0v) is 32.3. The van der Waals surface area contributed by atoms with Gasteiger partial charge in [0.1, 0.15) is 17.6 Å². The molecule has 4 aromatic rings. The Labute approximate surface area is 328 Å². The number of ether oxygens (including phenoxy) is 2. The Hall–Kier alpha value is -4.97. The van der Waals surface area contributed by atoms with E-state index >= 15 is 0 Å². The van der Waals surface area contributed by atoms with Gasteiger partial charge in [0, 0.05) is 43.7 Å². The fourth-order valence-corrected chi connectivity index (χ4v) is 8.59. The second kappa shape index (κ2) is 17.9. The van der Waals surface area contributed by atoms with Gasteiger partial charge in [0.2, 0.25) is 11.5 Å². The van der Waals surface area contributed by atoms with Crippen LogP contribution in [0.1, 0.15) is 73.3 Å². The molecular weight excluding hydrogens is 709 g/mol. The maximum Gasteiger partial charge on any atom is 0.317 e. The van der Waals surface area contributed by atoms with Gasteiger partial charge in [-0.15, -0.1) is 0 Å². The van der Waals surface area contributed by atoms with E-state index in [-0.39, 0.29) is 29.3 Å². The molecule has 8 rings (SSSR count). The smallest absolute Gasteiger partial charge is 0.317 e. The molecule has 0 aliphatic carbocycles. The molecule has 296 valence electrons.